The van der Waals surface area contributed by atoms with Crippen LogP contribution >= 0.6 is 0 Å². The minimum Gasteiger partial charge on any atom is -0.0622 e. The lowest BCUT2D eigenvalue weighted by Gasteiger charge is -2.16. The third kappa shape index (κ3) is 3.39. The van der Waals surface area contributed by atoms with Crippen molar-refractivity contribution in [2.75, 3.05) is 0 Å². The van der Waals surface area contributed by atoms with Crippen molar-refractivity contribution in [1.82, 2.24) is 0 Å². The van der Waals surface area contributed by atoms with Crippen LogP contribution in [0.25, 0.3) is 99.1 Å². The molecule has 8 aromatic carbocycles. The average molecular weight is 585 g/mol. The zero-order chi connectivity index (χ0) is 30.5. The van der Waals surface area contributed by atoms with E-state index in [1.54, 1.807) is 0 Å². The molecule has 0 fully saturated rings. The fourth-order valence-corrected chi connectivity index (χ4v) is 8.44. The molecular formula is C46H32. The van der Waals surface area contributed by atoms with Crippen molar-refractivity contribution in [3.63, 3.8) is 0 Å². The molecule has 0 saturated carbocycles. The minimum atomic E-state index is 1.02. The molecule has 0 atom stereocenters. The van der Waals surface area contributed by atoms with Gasteiger partial charge in [-0.2, -0.15) is 0 Å². The highest BCUT2D eigenvalue weighted by Crippen LogP contribution is 2.62. The van der Waals surface area contributed by atoms with Gasteiger partial charge in [-0.3, -0.25) is 0 Å². The molecule has 0 aliphatic heterocycles. The first-order valence-corrected chi connectivity index (χ1v) is 16.6. The SMILES string of the molecule is CCc1ccc2c(c1)-c1c3cc(-c4ccccc4)ccc3c3c4c(c5cc(-c6ccccc6)ccc5c-2c14)-c1cc(CC)ccc1-3. The molecular weight excluding hydrogens is 553 g/mol. The van der Waals surface area contributed by atoms with Gasteiger partial charge in [0, 0.05) is 0 Å². The fraction of sp³-hybridized carbons (Fsp3) is 0.0870. The van der Waals surface area contributed by atoms with Gasteiger partial charge < -0.3 is 0 Å². The Morgan fingerprint density at radius 2 is 0.739 bits per heavy atom. The van der Waals surface area contributed by atoms with Crippen LogP contribution in [0, 0.1) is 0 Å². The molecule has 0 spiro atoms. The predicted molar refractivity (Wildman–Crippen MR) is 197 cm³/mol. The molecule has 0 N–H and O–H groups in total. The molecule has 2 aliphatic carbocycles. The number of benzene rings is 8. The second kappa shape index (κ2) is 9.52. The number of hydrogen-bond acceptors (Lipinski definition) is 0. The van der Waals surface area contributed by atoms with E-state index >= 15 is 0 Å². The van der Waals surface area contributed by atoms with Gasteiger partial charge in [0.1, 0.15) is 0 Å². The Kier molecular flexibility index (Phi) is 5.35. The zero-order valence-electron chi connectivity index (χ0n) is 26.1. The predicted octanol–water partition coefficient (Wildman–Crippen LogP) is 12.9. The molecule has 0 unspecified atom stereocenters. The van der Waals surface area contributed by atoms with Crippen molar-refractivity contribution >= 4 is 32.3 Å². The van der Waals surface area contributed by atoms with Crippen molar-refractivity contribution in [2.24, 2.45) is 0 Å². The van der Waals surface area contributed by atoms with Crippen LogP contribution < -0.4 is 0 Å². The summed E-state index contributed by atoms with van der Waals surface area (Å²) in [7, 11) is 0. The number of aryl methyl sites for hydroxylation is 2. The van der Waals surface area contributed by atoms with Gasteiger partial charge in [-0.1, -0.05) is 135 Å². The second-order valence-electron chi connectivity index (χ2n) is 13.0. The third-order valence-corrected chi connectivity index (χ3v) is 10.6. The summed E-state index contributed by atoms with van der Waals surface area (Å²) >= 11 is 0. The van der Waals surface area contributed by atoms with Gasteiger partial charge in [-0.25, -0.2) is 0 Å². The van der Waals surface area contributed by atoms with Gasteiger partial charge in [0.15, 0.2) is 0 Å². The maximum absolute atomic E-state index is 2.47. The number of rotatable bonds is 4. The van der Waals surface area contributed by atoms with Gasteiger partial charge in [0.25, 0.3) is 0 Å². The van der Waals surface area contributed by atoms with Gasteiger partial charge >= 0.3 is 0 Å². The molecule has 0 amide bonds. The lowest BCUT2D eigenvalue weighted by molar-refractivity contribution is 1.14. The summed E-state index contributed by atoms with van der Waals surface area (Å²) in [6.07, 6.45) is 2.05. The molecule has 0 saturated heterocycles. The van der Waals surface area contributed by atoms with Crippen LogP contribution in [0.5, 0.6) is 0 Å². The van der Waals surface area contributed by atoms with Crippen LogP contribution in [0.15, 0.2) is 133 Å². The Labute approximate surface area is 269 Å². The molecule has 0 nitrogen and oxygen atoms in total. The molecule has 2 aliphatic rings. The maximum Gasteiger partial charge on any atom is -0.0000931 e. The highest BCUT2D eigenvalue weighted by Gasteiger charge is 2.35. The first kappa shape index (κ1) is 25.8. The fourth-order valence-electron chi connectivity index (χ4n) is 8.44. The first-order valence-electron chi connectivity index (χ1n) is 16.6. The summed E-state index contributed by atoms with van der Waals surface area (Å²) in [6.45, 7) is 4.53. The Morgan fingerprint density at radius 1 is 0.326 bits per heavy atom. The van der Waals surface area contributed by atoms with Gasteiger partial charge in [0.05, 0.1) is 0 Å². The van der Waals surface area contributed by atoms with E-state index in [1.165, 1.54) is 110 Å². The van der Waals surface area contributed by atoms with E-state index in [0.29, 0.717) is 0 Å². The molecule has 0 aromatic heterocycles. The summed E-state index contributed by atoms with van der Waals surface area (Å²) in [5.74, 6) is 0. The zero-order valence-corrected chi connectivity index (χ0v) is 26.1. The lowest BCUT2D eigenvalue weighted by Crippen LogP contribution is -1.89. The smallest absolute Gasteiger partial charge is 0.0000931 e. The van der Waals surface area contributed by atoms with Crippen LogP contribution in [0.2, 0.25) is 0 Å². The first-order chi connectivity index (χ1) is 22.7. The van der Waals surface area contributed by atoms with E-state index in [4.69, 9.17) is 0 Å². The lowest BCUT2D eigenvalue weighted by atomic mass is 9.86. The highest BCUT2D eigenvalue weighted by atomic mass is 14.4. The standard InChI is InChI=1S/C46H32/c1-3-27-15-19-33-37(23-27)43-39-25-31(29-11-7-5-8-12-29)17-21-35(39)42-34-20-16-28(4-2)24-38(34)44-40-26-32(30-13-9-6-10-14-30)18-22-36(40)41(33)45(43)46(42)44/h5-26H,3-4H2,1-2H3. The summed E-state index contributed by atoms with van der Waals surface area (Å²) in [6, 6.07) is 50.5. The molecule has 0 bridgehead atoms. The maximum atomic E-state index is 2.47. The van der Waals surface area contributed by atoms with E-state index in [0.717, 1.165) is 12.8 Å². The van der Waals surface area contributed by atoms with Crippen molar-refractivity contribution in [3.05, 3.63) is 145 Å². The van der Waals surface area contributed by atoms with E-state index in [1.807, 2.05) is 0 Å². The van der Waals surface area contributed by atoms with Crippen molar-refractivity contribution in [2.45, 2.75) is 26.7 Å². The van der Waals surface area contributed by atoms with Crippen LogP contribution in [0.1, 0.15) is 25.0 Å². The molecule has 216 valence electrons. The molecule has 46 heavy (non-hydrogen) atoms. The summed E-state index contributed by atoms with van der Waals surface area (Å²) in [5.41, 5.74) is 18.9. The Balaban J connectivity index is 1.44. The van der Waals surface area contributed by atoms with Gasteiger partial charge in [-0.15, -0.1) is 0 Å². The van der Waals surface area contributed by atoms with Crippen molar-refractivity contribution < 1.29 is 0 Å². The van der Waals surface area contributed by atoms with Crippen molar-refractivity contribution in [3.8, 4) is 66.8 Å². The van der Waals surface area contributed by atoms with E-state index in [9.17, 15) is 0 Å². The van der Waals surface area contributed by atoms with Crippen LogP contribution in [0.3, 0.4) is 0 Å². The summed E-state index contributed by atoms with van der Waals surface area (Å²) < 4.78 is 0. The molecule has 8 aromatic rings. The van der Waals surface area contributed by atoms with Crippen LogP contribution in [-0.2, 0) is 12.8 Å². The average Bonchev–Trinajstić information content (AvgIpc) is 3.65. The summed E-state index contributed by atoms with van der Waals surface area (Å²) in [5, 5.41) is 8.28. The normalized spacial score (nSPS) is 12.3. The summed E-state index contributed by atoms with van der Waals surface area (Å²) in [4.78, 5) is 0. The monoisotopic (exact) mass is 584 g/mol. The Morgan fingerprint density at radius 3 is 1.15 bits per heavy atom. The quantitative estimate of drug-likeness (QED) is 0.181. The molecule has 0 heterocycles. The highest BCUT2D eigenvalue weighted by molar-refractivity contribution is 6.40. The van der Waals surface area contributed by atoms with Gasteiger partial charge in [-0.05, 0) is 135 Å². The van der Waals surface area contributed by atoms with Crippen LogP contribution in [0.4, 0.5) is 0 Å². The minimum absolute atomic E-state index is 1.02. The van der Waals surface area contributed by atoms with E-state index < -0.39 is 0 Å². The Bertz CT molecular complexity index is 2390. The number of hydrogen-bond donors (Lipinski definition) is 0. The van der Waals surface area contributed by atoms with E-state index in [2.05, 4.69) is 147 Å². The topological polar surface area (TPSA) is 0 Å². The molecule has 0 radical (unpaired) electrons. The van der Waals surface area contributed by atoms with Crippen molar-refractivity contribution in [1.29, 1.82) is 0 Å². The third-order valence-electron chi connectivity index (χ3n) is 10.6. The Hall–Kier alpha value is -5.46. The second-order valence-corrected chi connectivity index (χ2v) is 13.0. The van der Waals surface area contributed by atoms with Crippen LogP contribution in [-0.4, -0.2) is 0 Å². The van der Waals surface area contributed by atoms with E-state index in [-0.39, 0.29) is 0 Å². The number of fused-ring (bicyclic) bond motifs is 12. The molecule has 10 rings (SSSR count). The largest absolute Gasteiger partial charge is 0.0622 e. The molecule has 0 heteroatoms. The van der Waals surface area contributed by atoms with Gasteiger partial charge in [0.2, 0.25) is 0 Å².